The van der Waals surface area contributed by atoms with E-state index >= 15 is 0 Å². The van der Waals surface area contributed by atoms with Crippen LogP contribution in [0.25, 0.3) is 0 Å². The second-order valence-electron chi connectivity index (χ2n) is 7.27. The number of nitrogens with zero attached hydrogens (tertiary/aromatic N) is 2. The predicted octanol–water partition coefficient (Wildman–Crippen LogP) is 4.76. The average molecular weight is 577 g/mol. The Hall–Kier alpha value is -1.43. The minimum Gasteiger partial charge on any atom is -0.491 e. The molecule has 0 fully saturated rings. The van der Waals surface area contributed by atoms with E-state index in [1.54, 1.807) is 18.4 Å². The maximum absolute atomic E-state index is 5.72. The minimum absolute atomic E-state index is 0. The SMILES string of the molecule is CCc1nc(CCNC(=NCCCOCCOC)Nc2ccc(OC(C)C)cc2)cs1.I. The van der Waals surface area contributed by atoms with E-state index in [-0.39, 0.29) is 30.1 Å². The van der Waals surface area contributed by atoms with Gasteiger partial charge in [-0.05, 0) is 51.0 Å². The van der Waals surface area contributed by atoms with Crippen molar-refractivity contribution >= 4 is 47.0 Å². The van der Waals surface area contributed by atoms with E-state index in [9.17, 15) is 0 Å². The number of aryl methyl sites for hydroxylation is 1. The number of rotatable bonds is 14. The number of halogens is 1. The maximum atomic E-state index is 5.72. The zero-order chi connectivity index (χ0) is 22.3. The summed E-state index contributed by atoms with van der Waals surface area (Å²) >= 11 is 1.72. The molecule has 0 aliphatic heterocycles. The number of methoxy groups -OCH3 is 1. The molecule has 1 aromatic heterocycles. The van der Waals surface area contributed by atoms with Crippen LogP contribution in [0.1, 0.15) is 37.9 Å². The Kier molecular flexibility index (Phi) is 15.3. The Morgan fingerprint density at radius 1 is 1.16 bits per heavy atom. The minimum atomic E-state index is 0. The molecule has 32 heavy (non-hydrogen) atoms. The molecule has 0 saturated carbocycles. The van der Waals surface area contributed by atoms with Crippen molar-refractivity contribution in [1.29, 1.82) is 0 Å². The van der Waals surface area contributed by atoms with Crippen LogP contribution in [-0.2, 0) is 22.3 Å². The number of ether oxygens (including phenoxy) is 3. The molecule has 0 unspecified atom stereocenters. The van der Waals surface area contributed by atoms with Gasteiger partial charge in [0.25, 0.3) is 0 Å². The normalized spacial score (nSPS) is 11.3. The molecular weight excluding hydrogens is 539 g/mol. The van der Waals surface area contributed by atoms with Crippen LogP contribution in [-0.4, -0.2) is 57.1 Å². The van der Waals surface area contributed by atoms with Gasteiger partial charge in [-0.1, -0.05) is 6.92 Å². The van der Waals surface area contributed by atoms with E-state index < -0.39 is 0 Å². The molecule has 7 nitrogen and oxygen atoms in total. The van der Waals surface area contributed by atoms with Gasteiger partial charge >= 0.3 is 0 Å². The second-order valence-corrected chi connectivity index (χ2v) is 8.21. The first kappa shape index (κ1) is 28.6. The quantitative estimate of drug-likeness (QED) is 0.146. The molecule has 0 atom stereocenters. The Labute approximate surface area is 213 Å². The predicted molar refractivity (Wildman–Crippen MR) is 144 cm³/mol. The summed E-state index contributed by atoms with van der Waals surface area (Å²) in [5, 5.41) is 10.1. The number of hydrogen-bond acceptors (Lipinski definition) is 6. The molecule has 0 saturated heterocycles. The van der Waals surface area contributed by atoms with Gasteiger partial charge in [0.2, 0.25) is 0 Å². The van der Waals surface area contributed by atoms with Crippen LogP contribution in [0.15, 0.2) is 34.6 Å². The van der Waals surface area contributed by atoms with Crippen LogP contribution < -0.4 is 15.4 Å². The van der Waals surface area contributed by atoms with Crippen LogP contribution in [0.5, 0.6) is 5.75 Å². The molecule has 1 aromatic carbocycles. The molecule has 0 aliphatic rings. The summed E-state index contributed by atoms with van der Waals surface area (Å²) in [6.07, 6.45) is 2.85. The van der Waals surface area contributed by atoms with Gasteiger partial charge in [-0.2, -0.15) is 0 Å². The summed E-state index contributed by atoms with van der Waals surface area (Å²) in [6.45, 7) is 9.50. The van der Waals surface area contributed by atoms with E-state index in [0.29, 0.717) is 26.4 Å². The average Bonchev–Trinajstić information content (AvgIpc) is 3.22. The second kappa shape index (κ2) is 17.1. The Bertz CT molecular complexity index is 769. The van der Waals surface area contributed by atoms with Crippen LogP contribution >= 0.6 is 35.3 Å². The van der Waals surface area contributed by atoms with Gasteiger partial charge in [-0.25, -0.2) is 4.98 Å². The van der Waals surface area contributed by atoms with E-state index in [1.165, 1.54) is 5.01 Å². The largest absolute Gasteiger partial charge is 0.491 e. The van der Waals surface area contributed by atoms with Gasteiger partial charge < -0.3 is 24.8 Å². The van der Waals surface area contributed by atoms with Gasteiger partial charge in [-0.15, -0.1) is 35.3 Å². The zero-order valence-electron chi connectivity index (χ0n) is 19.6. The molecule has 0 aliphatic carbocycles. The molecule has 2 N–H and O–H groups in total. The summed E-state index contributed by atoms with van der Waals surface area (Å²) in [4.78, 5) is 9.33. The number of anilines is 1. The first-order valence-electron chi connectivity index (χ1n) is 10.9. The van der Waals surface area contributed by atoms with E-state index in [0.717, 1.165) is 48.9 Å². The third-order valence-corrected chi connectivity index (χ3v) is 5.25. The number of hydrogen-bond donors (Lipinski definition) is 2. The topological polar surface area (TPSA) is 77.0 Å². The van der Waals surface area contributed by atoms with Crippen molar-refractivity contribution in [2.75, 3.05) is 45.3 Å². The van der Waals surface area contributed by atoms with Crippen molar-refractivity contribution in [3.63, 3.8) is 0 Å². The van der Waals surface area contributed by atoms with Crippen molar-refractivity contribution in [2.45, 2.75) is 46.1 Å². The summed E-state index contributed by atoms with van der Waals surface area (Å²) in [5.41, 5.74) is 2.08. The monoisotopic (exact) mass is 576 g/mol. The van der Waals surface area contributed by atoms with Crippen molar-refractivity contribution in [3.05, 3.63) is 40.3 Å². The van der Waals surface area contributed by atoms with Crippen LogP contribution in [0.4, 0.5) is 5.69 Å². The fourth-order valence-electron chi connectivity index (χ4n) is 2.70. The lowest BCUT2D eigenvalue weighted by Crippen LogP contribution is -2.32. The molecule has 1 heterocycles. The van der Waals surface area contributed by atoms with Crippen LogP contribution in [0.2, 0.25) is 0 Å². The molecule has 0 spiro atoms. The van der Waals surface area contributed by atoms with Crippen molar-refractivity contribution < 1.29 is 14.2 Å². The van der Waals surface area contributed by atoms with Crippen LogP contribution in [0, 0.1) is 0 Å². The first-order valence-corrected chi connectivity index (χ1v) is 11.8. The van der Waals surface area contributed by atoms with E-state index in [2.05, 4.69) is 27.9 Å². The standard InChI is InChI=1S/C23H36N4O3S.HI/c1-5-22-26-20(17-31-22)11-13-25-23(24-12-6-14-29-16-15-28-4)27-19-7-9-21(10-8-19)30-18(2)3;/h7-10,17-18H,5-6,11-16H2,1-4H3,(H2,24,25,27);1H. The lowest BCUT2D eigenvalue weighted by atomic mass is 10.3. The highest BCUT2D eigenvalue weighted by atomic mass is 127. The highest BCUT2D eigenvalue weighted by molar-refractivity contribution is 14.0. The highest BCUT2D eigenvalue weighted by Gasteiger charge is 2.04. The smallest absolute Gasteiger partial charge is 0.195 e. The number of benzene rings is 1. The lowest BCUT2D eigenvalue weighted by molar-refractivity contribution is 0.0702. The van der Waals surface area contributed by atoms with Crippen molar-refractivity contribution in [1.82, 2.24) is 10.3 Å². The summed E-state index contributed by atoms with van der Waals surface area (Å²) < 4.78 is 16.2. The Morgan fingerprint density at radius 3 is 2.59 bits per heavy atom. The molecule has 2 aromatic rings. The molecule has 2 rings (SSSR count). The Morgan fingerprint density at radius 2 is 1.94 bits per heavy atom. The van der Waals surface area contributed by atoms with Gasteiger partial charge in [0, 0.05) is 44.3 Å². The van der Waals surface area contributed by atoms with E-state index in [1.807, 2.05) is 38.1 Å². The number of aliphatic imine (C=N–C) groups is 1. The maximum Gasteiger partial charge on any atom is 0.195 e. The van der Waals surface area contributed by atoms with Crippen molar-refractivity contribution in [3.8, 4) is 5.75 Å². The molecule has 0 amide bonds. The molecule has 180 valence electrons. The van der Waals surface area contributed by atoms with Gasteiger partial charge in [0.05, 0.1) is 30.0 Å². The molecule has 0 radical (unpaired) electrons. The number of guanidine groups is 1. The fourth-order valence-corrected chi connectivity index (χ4v) is 3.48. The fraction of sp³-hybridized carbons (Fsp3) is 0.565. The van der Waals surface area contributed by atoms with Gasteiger partial charge in [0.1, 0.15) is 5.75 Å². The first-order chi connectivity index (χ1) is 15.1. The number of nitrogens with one attached hydrogen (secondary N) is 2. The number of aromatic nitrogens is 1. The third-order valence-electron chi connectivity index (χ3n) is 4.21. The summed E-state index contributed by atoms with van der Waals surface area (Å²) in [7, 11) is 1.67. The van der Waals surface area contributed by atoms with Gasteiger partial charge in [0.15, 0.2) is 5.96 Å². The lowest BCUT2D eigenvalue weighted by Gasteiger charge is -2.14. The molecule has 0 bridgehead atoms. The summed E-state index contributed by atoms with van der Waals surface area (Å²) in [6, 6.07) is 7.92. The highest BCUT2D eigenvalue weighted by Crippen LogP contribution is 2.17. The molecular formula is C23H37IN4O3S. The summed E-state index contributed by atoms with van der Waals surface area (Å²) in [5.74, 6) is 1.61. The number of thiazole rings is 1. The zero-order valence-corrected chi connectivity index (χ0v) is 22.7. The van der Waals surface area contributed by atoms with Gasteiger partial charge in [-0.3, -0.25) is 4.99 Å². The third kappa shape index (κ3) is 12.0. The molecule has 9 heteroatoms. The Balaban J connectivity index is 0.00000512. The van der Waals surface area contributed by atoms with E-state index in [4.69, 9.17) is 19.2 Å². The van der Waals surface area contributed by atoms with Crippen molar-refractivity contribution in [2.24, 2.45) is 4.99 Å². The van der Waals surface area contributed by atoms with Crippen LogP contribution in [0.3, 0.4) is 0 Å².